The topological polar surface area (TPSA) is 6.48 Å². The third-order valence-corrected chi connectivity index (χ3v) is 3.67. The molecule has 15 heavy (non-hydrogen) atoms. The van der Waals surface area contributed by atoms with Gasteiger partial charge in [0.2, 0.25) is 0 Å². The normalized spacial score (nSPS) is 33.0. The summed E-state index contributed by atoms with van der Waals surface area (Å²) < 4.78 is 26.5. The summed E-state index contributed by atoms with van der Waals surface area (Å²) in [6.07, 6.45) is 0.0986. The SMILES string of the molecule is CC(C)N1CCN2CCC(F)(F)CC2C1. The molecule has 0 aromatic rings. The molecule has 2 fully saturated rings. The van der Waals surface area contributed by atoms with Crippen molar-refractivity contribution < 1.29 is 8.78 Å². The first kappa shape index (κ1) is 11.3. The largest absolute Gasteiger partial charge is 0.298 e. The molecule has 0 aromatic heterocycles. The third-order valence-electron chi connectivity index (χ3n) is 3.67. The van der Waals surface area contributed by atoms with Gasteiger partial charge in [0.25, 0.3) is 5.92 Å². The van der Waals surface area contributed by atoms with Gasteiger partial charge in [0.15, 0.2) is 0 Å². The van der Waals surface area contributed by atoms with Crippen molar-refractivity contribution >= 4 is 0 Å². The van der Waals surface area contributed by atoms with E-state index in [2.05, 4.69) is 23.6 Å². The van der Waals surface area contributed by atoms with Crippen LogP contribution in [0, 0.1) is 0 Å². The lowest BCUT2D eigenvalue weighted by molar-refractivity contribution is -0.0977. The molecule has 2 aliphatic rings. The molecule has 0 amide bonds. The zero-order chi connectivity index (χ0) is 11.1. The van der Waals surface area contributed by atoms with Crippen LogP contribution >= 0.6 is 0 Å². The number of hydrogen-bond donors (Lipinski definition) is 0. The van der Waals surface area contributed by atoms with Crippen molar-refractivity contribution in [1.82, 2.24) is 9.80 Å². The Morgan fingerprint density at radius 1 is 1.20 bits per heavy atom. The second-order valence-corrected chi connectivity index (χ2v) is 5.09. The Kier molecular flexibility index (Phi) is 2.99. The molecule has 2 nitrogen and oxygen atoms in total. The molecule has 0 aromatic carbocycles. The van der Waals surface area contributed by atoms with Crippen LogP contribution in [0.3, 0.4) is 0 Å². The number of nitrogens with zero attached hydrogens (tertiary/aromatic N) is 2. The number of hydrogen-bond acceptors (Lipinski definition) is 2. The first-order valence-corrected chi connectivity index (χ1v) is 5.84. The van der Waals surface area contributed by atoms with E-state index in [1.54, 1.807) is 0 Å². The lowest BCUT2D eigenvalue weighted by Crippen LogP contribution is -2.59. The average molecular weight is 218 g/mol. The highest BCUT2D eigenvalue weighted by atomic mass is 19.3. The van der Waals surface area contributed by atoms with Crippen molar-refractivity contribution in [3.05, 3.63) is 0 Å². The Hall–Kier alpha value is -0.220. The van der Waals surface area contributed by atoms with Gasteiger partial charge in [0.05, 0.1) is 0 Å². The molecule has 2 saturated heterocycles. The Bertz CT molecular complexity index is 231. The van der Waals surface area contributed by atoms with Gasteiger partial charge in [0.1, 0.15) is 0 Å². The molecule has 1 atom stereocenters. The van der Waals surface area contributed by atoms with Gasteiger partial charge >= 0.3 is 0 Å². The van der Waals surface area contributed by atoms with Crippen LogP contribution in [0.25, 0.3) is 0 Å². The van der Waals surface area contributed by atoms with Crippen molar-refractivity contribution in [2.45, 2.75) is 44.7 Å². The van der Waals surface area contributed by atoms with Gasteiger partial charge < -0.3 is 0 Å². The standard InChI is InChI=1S/C11H20F2N2/c1-9(2)15-6-5-14-4-3-11(12,13)7-10(14)8-15/h9-10H,3-8H2,1-2H3. The molecule has 0 radical (unpaired) electrons. The van der Waals surface area contributed by atoms with Gasteiger partial charge in [-0.15, -0.1) is 0 Å². The maximum Gasteiger partial charge on any atom is 0.250 e. The Morgan fingerprint density at radius 2 is 1.93 bits per heavy atom. The number of halogens is 2. The van der Waals surface area contributed by atoms with E-state index in [9.17, 15) is 8.78 Å². The molecule has 2 heterocycles. The molecule has 1 unspecified atom stereocenters. The van der Waals surface area contributed by atoms with Crippen LogP contribution in [0.1, 0.15) is 26.7 Å². The number of piperidine rings is 1. The zero-order valence-corrected chi connectivity index (χ0v) is 9.55. The minimum atomic E-state index is -2.43. The van der Waals surface area contributed by atoms with Crippen molar-refractivity contribution in [2.24, 2.45) is 0 Å². The monoisotopic (exact) mass is 218 g/mol. The highest BCUT2D eigenvalue weighted by Gasteiger charge is 2.42. The van der Waals surface area contributed by atoms with Crippen LogP contribution in [0.5, 0.6) is 0 Å². The molecular formula is C11H20F2N2. The van der Waals surface area contributed by atoms with Crippen LogP contribution in [0.15, 0.2) is 0 Å². The van der Waals surface area contributed by atoms with E-state index in [0.717, 1.165) is 19.6 Å². The quantitative estimate of drug-likeness (QED) is 0.662. The van der Waals surface area contributed by atoms with Gasteiger partial charge in [-0.3, -0.25) is 9.80 Å². The molecule has 4 heteroatoms. The van der Waals surface area contributed by atoms with Crippen LogP contribution < -0.4 is 0 Å². The Morgan fingerprint density at radius 3 is 2.60 bits per heavy atom. The van der Waals surface area contributed by atoms with Crippen LogP contribution in [0.4, 0.5) is 8.78 Å². The van der Waals surface area contributed by atoms with E-state index in [0.29, 0.717) is 12.6 Å². The first-order valence-electron chi connectivity index (χ1n) is 5.84. The second-order valence-electron chi connectivity index (χ2n) is 5.09. The summed E-state index contributed by atoms with van der Waals surface area (Å²) in [4.78, 5) is 4.54. The summed E-state index contributed by atoms with van der Waals surface area (Å²) in [5.74, 6) is -2.43. The highest BCUT2D eigenvalue weighted by Crippen LogP contribution is 2.33. The van der Waals surface area contributed by atoms with Crippen molar-refractivity contribution in [3.8, 4) is 0 Å². The van der Waals surface area contributed by atoms with Crippen LogP contribution in [-0.2, 0) is 0 Å². The van der Waals surface area contributed by atoms with Crippen molar-refractivity contribution in [2.75, 3.05) is 26.2 Å². The molecule has 0 spiro atoms. The summed E-state index contributed by atoms with van der Waals surface area (Å²) >= 11 is 0. The van der Waals surface area contributed by atoms with Gasteiger partial charge in [-0.2, -0.15) is 0 Å². The average Bonchev–Trinajstić information content (AvgIpc) is 2.15. The Balaban J connectivity index is 1.98. The molecule has 0 N–H and O–H groups in total. The van der Waals surface area contributed by atoms with E-state index in [1.165, 1.54) is 0 Å². The molecule has 0 bridgehead atoms. The van der Waals surface area contributed by atoms with Crippen molar-refractivity contribution in [3.63, 3.8) is 0 Å². The molecule has 2 rings (SSSR count). The van der Waals surface area contributed by atoms with Gasteiger partial charge in [-0.1, -0.05) is 0 Å². The molecule has 0 aliphatic carbocycles. The van der Waals surface area contributed by atoms with E-state index in [1.807, 2.05) is 0 Å². The highest BCUT2D eigenvalue weighted by molar-refractivity contribution is 4.91. The predicted molar refractivity (Wildman–Crippen MR) is 56.3 cm³/mol. The van der Waals surface area contributed by atoms with Crippen molar-refractivity contribution in [1.29, 1.82) is 0 Å². The maximum atomic E-state index is 13.3. The van der Waals surface area contributed by atoms with Crippen LogP contribution in [0.2, 0.25) is 0 Å². The molecule has 88 valence electrons. The van der Waals surface area contributed by atoms with E-state index in [4.69, 9.17) is 0 Å². The zero-order valence-electron chi connectivity index (χ0n) is 9.55. The predicted octanol–water partition coefficient (Wildman–Crippen LogP) is 1.81. The number of rotatable bonds is 1. The second kappa shape index (κ2) is 3.98. The van der Waals surface area contributed by atoms with Gasteiger partial charge in [0, 0.05) is 51.1 Å². The van der Waals surface area contributed by atoms with E-state index in [-0.39, 0.29) is 18.9 Å². The van der Waals surface area contributed by atoms with E-state index < -0.39 is 5.92 Å². The van der Waals surface area contributed by atoms with Gasteiger partial charge in [-0.05, 0) is 13.8 Å². The first-order chi connectivity index (χ1) is 6.98. The third kappa shape index (κ3) is 2.48. The Labute approximate surface area is 90.2 Å². The van der Waals surface area contributed by atoms with E-state index >= 15 is 0 Å². The molecular weight excluding hydrogens is 198 g/mol. The number of piperazine rings is 1. The fourth-order valence-corrected chi connectivity index (χ4v) is 2.63. The smallest absolute Gasteiger partial charge is 0.250 e. The van der Waals surface area contributed by atoms with Crippen LogP contribution in [-0.4, -0.2) is 54.0 Å². The summed E-state index contributed by atoms with van der Waals surface area (Å²) in [6, 6.07) is 0.549. The summed E-state index contributed by atoms with van der Waals surface area (Å²) in [5, 5.41) is 0. The summed E-state index contributed by atoms with van der Waals surface area (Å²) in [6.45, 7) is 7.64. The molecule has 2 aliphatic heterocycles. The minimum Gasteiger partial charge on any atom is -0.298 e. The fraction of sp³-hybridized carbons (Fsp3) is 1.00. The fourth-order valence-electron chi connectivity index (χ4n) is 2.63. The minimum absolute atomic E-state index is 0.0468. The lowest BCUT2D eigenvalue weighted by atomic mass is 9.96. The number of alkyl halides is 2. The van der Waals surface area contributed by atoms with Gasteiger partial charge in [-0.25, -0.2) is 8.78 Å². The molecule has 0 saturated carbocycles. The summed E-state index contributed by atoms with van der Waals surface area (Å²) in [5.41, 5.74) is 0. The summed E-state index contributed by atoms with van der Waals surface area (Å²) in [7, 11) is 0. The lowest BCUT2D eigenvalue weighted by Gasteiger charge is -2.47. The maximum absolute atomic E-state index is 13.3. The number of fused-ring (bicyclic) bond motifs is 1.